The van der Waals surface area contributed by atoms with Crippen molar-refractivity contribution in [3.05, 3.63) is 60.4 Å². The van der Waals surface area contributed by atoms with Crippen molar-refractivity contribution in [1.82, 2.24) is 19.7 Å². The summed E-state index contributed by atoms with van der Waals surface area (Å²) in [5.41, 5.74) is 3.91. The highest BCUT2D eigenvalue weighted by atomic mass is 16.5. The molecule has 0 unspecified atom stereocenters. The van der Waals surface area contributed by atoms with Crippen LogP contribution in [0, 0.1) is 6.92 Å². The van der Waals surface area contributed by atoms with Gasteiger partial charge in [-0.1, -0.05) is 0 Å². The van der Waals surface area contributed by atoms with E-state index in [9.17, 15) is 4.79 Å². The number of anilines is 4. The van der Waals surface area contributed by atoms with Gasteiger partial charge in [-0.3, -0.25) is 9.48 Å². The first-order valence-electron chi connectivity index (χ1n) is 11.0. The van der Waals surface area contributed by atoms with Crippen LogP contribution >= 0.6 is 0 Å². The maximum Gasteiger partial charge on any atom is 0.305 e. The van der Waals surface area contributed by atoms with Crippen molar-refractivity contribution in [3.8, 4) is 5.75 Å². The number of esters is 1. The monoisotopic (exact) mass is 460 g/mol. The molecule has 0 radical (unpaired) electrons. The van der Waals surface area contributed by atoms with E-state index >= 15 is 0 Å². The van der Waals surface area contributed by atoms with Crippen molar-refractivity contribution >= 4 is 40.0 Å². The standard InChI is InChI=1S/C25H28N6O3/c1-17-21-12-9-19(16-22(21)29-31(17)3)30(2)23-13-14-26-25(28-23)27-18-7-10-20(11-8-18)34-15-5-6-24(32)33-4/h7-14,16H,5-6,15H2,1-4H3,(H,26,27,28). The molecule has 0 amide bonds. The van der Waals surface area contributed by atoms with Gasteiger partial charge in [-0.05, 0) is 61.9 Å². The quantitative estimate of drug-likeness (QED) is 0.288. The number of aromatic nitrogens is 4. The lowest BCUT2D eigenvalue weighted by molar-refractivity contribution is -0.140. The van der Waals surface area contributed by atoms with Gasteiger partial charge < -0.3 is 19.7 Å². The van der Waals surface area contributed by atoms with Crippen molar-refractivity contribution < 1.29 is 14.3 Å². The molecule has 2 aromatic carbocycles. The highest BCUT2D eigenvalue weighted by Gasteiger charge is 2.11. The molecule has 9 nitrogen and oxygen atoms in total. The van der Waals surface area contributed by atoms with Gasteiger partial charge in [0.2, 0.25) is 5.95 Å². The minimum atomic E-state index is -0.233. The Balaban J connectivity index is 1.40. The Labute approximate surface area is 198 Å². The number of aryl methyl sites for hydroxylation is 2. The number of fused-ring (bicyclic) bond motifs is 1. The maximum absolute atomic E-state index is 11.1. The van der Waals surface area contributed by atoms with Crippen LogP contribution < -0.4 is 15.0 Å². The Morgan fingerprint density at radius 1 is 1.15 bits per heavy atom. The molecular weight excluding hydrogens is 432 g/mol. The Bertz CT molecular complexity index is 1290. The van der Waals surface area contributed by atoms with E-state index in [1.54, 1.807) is 6.20 Å². The van der Waals surface area contributed by atoms with Crippen LogP contribution in [0.5, 0.6) is 5.75 Å². The molecule has 0 aliphatic heterocycles. The normalized spacial score (nSPS) is 10.8. The lowest BCUT2D eigenvalue weighted by atomic mass is 10.2. The van der Waals surface area contributed by atoms with Gasteiger partial charge in [-0.2, -0.15) is 10.1 Å². The molecule has 4 aromatic rings. The molecule has 0 fully saturated rings. The summed E-state index contributed by atoms with van der Waals surface area (Å²) in [5, 5.41) is 8.95. The van der Waals surface area contributed by atoms with Crippen LogP contribution in [0.3, 0.4) is 0 Å². The Hall–Kier alpha value is -4.14. The summed E-state index contributed by atoms with van der Waals surface area (Å²) in [6.45, 7) is 2.51. The number of carbonyl (C=O) groups excluding carboxylic acids is 1. The summed E-state index contributed by atoms with van der Waals surface area (Å²) < 4.78 is 12.2. The summed E-state index contributed by atoms with van der Waals surface area (Å²) in [4.78, 5) is 22.2. The summed E-state index contributed by atoms with van der Waals surface area (Å²) >= 11 is 0. The molecular formula is C25H28N6O3. The number of ether oxygens (including phenoxy) is 2. The molecule has 2 heterocycles. The van der Waals surface area contributed by atoms with Crippen LogP contribution in [0.1, 0.15) is 18.5 Å². The molecule has 1 N–H and O–H groups in total. The molecule has 176 valence electrons. The van der Waals surface area contributed by atoms with E-state index < -0.39 is 0 Å². The van der Waals surface area contributed by atoms with E-state index in [-0.39, 0.29) is 5.97 Å². The van der Waals surface area contributed by atoms with Crippen molar-refractivity contribution in [2.45, 2.75) is 19.8 Å². The molecule has 0 spiro atoms. The fourth-order valence-electron chi connectivity index (χ4n) is 3.53. The zero-order valence-electron chi connectivity index (χ0n) is 19.8. The van der Waals surface area contributed by atoms with Crippen LogP contribution in [0.2, 0.25) is 0 Å². The molecule has 9 heteroatoms. The third kappa shape index (κ3) is 5.25. The Kier molecular flexibility index (Phi) is 6.91. The van der Waals surface area contributed by atoms with Crippen molar-refractivity contribution in [2.24, 2.45) is 7.05 Å². The lowest BCUT2D eigenvalue weighted by Crippen LogP contribution is -2.12. The van der Waals surface area contributed by atoms with Gasteiger partial charge in [0.1, 0.15) is 11.6 Å². The van der Waals surface area contributed by atoms with E-state index in [0.29, 0.717) is 25.4 Å². The molecule has 0 aliphatic carbocycles. The Morgan fingerprint density at radius 2 is 1.94 bits per heavy atom. The van der Waals surface area contributed by atoms with Gasteiger partial charge in [-0.25, -0.2) is 4.98 Å². The molecule has 34 heavy (non-hydrogen) atoms. The van der Waals surface area contributed by atoms with Crippen molar-refractivity contribution in [2.75, 3.05) is 31.0 Å². The van der Waals surface area contributed by atoms with Gasteiger partial charge in [-0.15, -0.1) is 0 Å². The molecule has 0 aliphatic rings. The molecule has 0 bridgehead atoms. The number of nitrogens with one attached hydrogen (secondary N) is 1. The second-order valence-corrected chi connectivity index (χ2v) is 7.89. The third-order valence-corrected chi connectivity index (χ3v) is 5.62. The maximum atomic E-state index is 11.1. The predicted molar refractivity (Wildman–Crippen MR) is 132 cm³/mol. The zero-order valence-corrected chi connectivity index (χ0v) is 19.8. The smallest absolute Gasteiger partial charge is 0.305 e. The minimum absolute atomic E-state index is 0.233. The number of hydrogen-bond acceptors (Lipinski definition) is 8. The molecule has 0 saturated carbocycles. The van der Waals surface area contributed by atoms with Gasteiger partial charge in [0.25, 0.3) is 0 Å². The predicted octanol–water partition coefficient (Wildman–Crippen LogP) is 4.52. The van der Waals surface area contributed by atoms with Gasteiger partial charge >= 0.3 is 5.97 Å². The van der Waals surface area contributed by atoms with Crippen LogP contribution in [0.15, 0.2) is 54.7 Å². The van der Waals surface area contributed by atoms with E-state index in [0.717, 1.165) is 39.5 Å². The van der Waals surface area contributed by atoms with E-state index in [2.05, 4.69) is 50.2 Å². The summed E-state index contributed by atoms with van der Waals surface area (Å²) in [7, 11) is 5.30. The van der Waals surface area contributed by atoms with Crippen molar-refractivity contribution in [3.63, 3.8) is 0 Å². The number of nitrogens with zero attached hydrogens (tertiary/aromatic N) is 5. The summed E-state index contributed by atoms with van der Waals surface area (Å²) in [6, 6.07) is 15.6. The molecule has 0 saturated heterocycles. The lowest BCUT2D eigenvalue weighted by Gasteiger charge is -2.19. The van der Waals surface area contributed by atoms with Crippen LogP contribution in [-0.2, 0) is 16.6 Å². The van der Waals surface area contributed by atoms with E-state index in [4.69, 9.17) is 4.74 Å². The number of benzene rings is 2. The third-order valence-electron chi connectivity index (χ3n) is 5.62. The first-order chi connectivity index (χ1) is 16.4. The Morgan fingerprint density at radius 3 is 2.71 bits per heavy atom. The van der Waals surface area contributed by atoms with Crippen LogP contribution in [0.4, 0.5) is 23.1 Å². The fourth-order valence-corrected chi connectivity index (χ4v) is 3.53. The van der Waals surface area contributed by atoms with Crippen LogP contribution in [-0.4, -0.2) is 46.5 Å². The largest absolute Gasteiger partial charge is 0.494 e. The van der Waals surface area contributed by atoms with Gasteiger partial charge in [0.05, 0.1) is 19.2 Å². The number of carbonyl (C=O) groups is 1. The highest BCUT2D eigenvalue weighted by molar-refractivity contribution is 5.85. The van der Waals surface area contributed by atoms with Crippen molar-refractivity contribution in [1.29, 1.82) is 0 Å². The average Bonchev–Trinajstić information content (AvgIpc) is 3.15. The first-order valence-corrected chi connectivity index (χ1v) is 11.0. The average molecular weight is 461 g/mol. The molecule has 0 atom stereocenters. The number of hydrogen-bond donors (Lipinski definition) is 1. The fraction of sp³-hybridized carbons (Fsp3) is 0.280. The SMILES string of the molecule is COC(=O)CCCOc1ccc(Nc2nccc(N(C)c3ccc4c(C)n(C)nc4c3)n2)cc1. The van der Waals surface area contributed by atoms with E-state index in [1.807, 2.05) is 54.0 Å². The second-order valence-electron chi connectivity index (χ2n) is 7.89. The van der Waals surface area contributed by atoms with Crippen LogP contribution in [0.25, 0.3) is 10.9 Å². The number of methoxy groups -OCH3 is 1. The topological polar surface area (TPSA) is 94.4 Å². The highest BCUT2D eigenvalue weighted by Crippen LogP contribution is 2.27. The van der Waals surface area contributed by atoms with E-state index in [1.165, 1.54) is 7.11 Å². The molecule has 2 aromatic heterocycles. The second kappa shape index (κ2) is 10.2. The van der Waals surface area contributed by atoms with Gasteiger partial charge in [0.15, 0.2) is 0 Å². The zero-order chi connectivity index (χ0) is 24.1. The number of rotatable bonds is 9. The first kappa shape index (κ1) is 23.0. The molecule has 4 rings (SSSR count). The summed E-state index contributed by atoms with van der Waals surface area (Å²) in [6.07, 6.45) is 2.67. The minimum Gasteiger partial charge on any atom is -0.494 e. The van der Waals surface area contributed by atoms with Gasteiger partial charge in [0, 0.05) is 49.2 Å². The summed E-state index contributed by atoms with van der Waals surface area (Å²) in [5.74, 6) is 1.74.